The van der Waals surface area contributed by atoms with Crippen molar-refractivity contribution in [3.05, 3.63) is 74.9 Å². The van der Waals surface area contributed by atoms with Crippen LogP contribution in [0.3, 0.4) is 0 Å². The minimum atomic E-state index is -0.219. The number of hydrogen-bond acceptors (Lipinski definition) is 4. The minimum Gasteiger partial charge on any atom is -0.287 e. The van der Waals surface area contributed by atoms with E-state index in [4.69, 9.17) is 4.98 Å². The average Bonchev–Trinajstić information content (AvgIpc) is 3.12. The van der Waals surface area contributed by atoms with E-state index in [9.17, 15) is 9.59 Å². The van der Waals surface area contributed by atoms with Crippen molar-refractivity contribution >= 4 is 49.9 Å². The molecule has 1 atom stereocenters. The van der Waals surface area contributed by atoms with Gasteiger partial charge in [-0.2, -0.15) is 9.78 Å². The van der Waals surface area contributed by atoms with E-state index in [1.54, 1.807) is 23.0 Å². The topological polar surface area (TPSA) is 69.2 Å². The molecule has 0 aliphatic carbocycles. The second-order valence-corrected chi connectivity index (χ2v) is 8.21. The second-order valence-electron chi connectivity index (χ2n) is 7.29. The molecule has 0 unspecified atom stereocenters. The van der Waals surface area contributed by atoms with Crippen molar-refractivity contribution in [3.63, 3.8) is 0 Å². The van der Waals surface area contributed by atoms with Crippen LogP contribution in [-0.2, 0) is 0 Å². The lowest BCUT2D eigenvalue weighted by molar-refractivity contribution is 0.0941. The number of rotatable bonds is 4. The van der Waals surface area contributed by atoms with Gasteiger partial charge in [-0.3, -0.25) is 14.2 Å². The van der Waals surface area contributed by atoms with Crippen molar-refractivity contribution in [2.45, 2.75) is 33.1 Å². The van der Waals surface area contributed by atoms with Crippen LogP contribution in [0.2, 0.25) is 0 Å². The molecule has 2 aromatic heterocycles. The van der Waals surface area contributed by atoms with Crippen LogP contribution in [0.15, 0.2) is 63.0 Å². The van der Waals surface area contributed by atoms with Crippen molar-refractivity contribution in [1.82, 2.24) is 14.2 Å². The van der Waals surface area contributed by atoms with Crippen molar-refractivity contribution in [2.75, 3.05) is 0 Å². The molecule has 2 heterocycles. The van der Waals surface area contributed by atoms with Gasteiger partial charge in [0, 0.05) is 34.5 Å². The van der Waals surface area contributed by atoms with Gasteiger partial charge < -0.3 is 0 Å². The maximum absolute atomic E-state index is 13.2. The van der Waals surface area contributed by atoms with Crippen molar-refractivity contribution in [1.29, 1.82) is 0 Å². The van der Waals surface area contributed by atoms with Gasteiger partial charge in [-0.25, -0.2) is 4.98 Å². The zero-order valence-electron chi connectivity index (χ0n) is 17.0. The highest BCUT2D eigenvalue weighted by atomic mass is 79.9. The monoisotopic (exact) mass is 464 g/mol. The molecule has 4 rings (SSSR count). The van der Waals surface area contributed by atoms with Gasteiger partial charge in [0.15, 0.2) is 0 Å². The molecule has 0 saturated heterocycles. The molecule has 0 aliphatic rings. The highest BCUT2D eigenvalue weighted by Crippen LogP contribution is 2.22. The SMILES string of the molecule is CC[C@@H](C)c1nc2ccc(Br)cc2c(=O)n1N=Cc1cn(C(C)=O)c2ccccc12. The zero-order chi connectivity index (χ0) is 21.4. The third-order valence-corrected chi connectivity index (χ3v) is 5.77. The van der Waals surface area contributed by atoms with E-state index in [1.807, 2.05) is 43.3 Å². The molecule has 0 fully saturated rings. The summed E-state index contributed by atoms with van der Waals surface area (Å²) in [5.41, 5.74) is 2.00. The van der Waals surface area contributed by atoms with Crippen LogP contribution in [0.4, 0.5) is 0 Å². The van der Waals surface area contributed by atoms with Crippen LogP contribution in [0.5, 0.6) is 0 Å². The van der Waals surface area contributed by atoms with E-state index < -0.39 is 0 Å². The fourth-order valence-corrected chi connectivity index (χ4v) is 3.83. The summed E-state index contributed by atoms with van der Waals surface area (Å²) >= 11 is 3.42. The predicted molar refractivity (Wildman–Crippen MR) is 124 cm³/mol. The predicted octanol–water partition coefficient (Wildman–Crippen LogP) is 5.17. The first-order valence-corrected chi connectivity index (χ1v) is 10.6. The summed E-state index contributed by atoms with van der Waals surface area (Å²) in [5, 5.41) is 5.92. The minimum absolute atomic E-state index is 0.0569. The third-order valence-electron chi connectivity index (χ3n) is 5.28. The van der Waals surface area contributed by atoms with E-state index in [2.05, 4.69) is 28.0 Å². The molecule has 4 aromatic rings. The van der Waals surface area contributed by atoms with E-state index in [0.29, 0.717) is 16.7 Å². The number of aromatic nitrogens is 3. The molecule has 0 amide bonds. The summed E-state index contributed by atoms with van der Waals surface area (Å²) in [7, 11) is 0. The summed E-state index contributed by atoms with van der Waals surface area (Å²) in [4.78, 5) is 30.0. The summed E-state index contributed by atoms with van der Waals surface area (Å²) in [6, 6.07) is 13.1. The van der Waals surface area contributed by atoms with Gasteiger partial charge in [-0.05, 0) is 30.7 Å². The molecule has 7 heteroatoms. The van der Waals surface area contributed by atoms with E-state index in [-0.39, 0.29) is 17.4 Å². The first-order chi connectivity index (χ1) is 14.4. The molecular formula is C23H21BrN4O2. The molecule has 30 heavy (non-hydrogen) atoms. The molecule has 0 bridgehead atoms. The van der Waals surface area contributed by atoms with Gasteiger partial charge in [-0.1, -0.05) is 48.0 Å². The Balaban J connectivity index is 1.93. The van der Waals surface area contributed by atoms with Gasteiger partial charge in [-0.15, -0.1) is 0 Å². The first kappa shape index (κ1) is 20.2. The Morgan fingerprint density at radius 1 is 1.23 bits per heavy atom. The van der Waals surface area contributed by atoms with Crippen LogP contribution < -0.4 is 5.56 Å². The van der Waals surface area contributed by atoms with Crippen LogP contribution >= 0.6 is 15.9 Å². The molecule has 0 N–H and O–H groups in total. The lowest BCUT2D eigenvalue weighted by atomic mass is 10.1. The van der Waals surface area contributed by atoms with Crippen LogP contribution in [0.1, 0.15) is 49.3 Å². The van der Waals surface area contributed by atoms with Crippen molar-refractivity contribution in [3.8, 4) is 0 Å². The number of hydrogen-bond donors (Lipinski definition) is 0. The molecule has 6 nitrogen and oxygen atoms in total. The quantitative estimate of drug-likeness (QED) is 0.391. The van der Waals surface area contributed by atoms with Crippen molar-refractivity contribution in [2.24, 2.45) is 5.10 Å². The molecule has 0 aliphatic heterocycles. The Labute approximate surface area is 182 Å². The van der Waals surface area contributed by atoms with Gasteiger partial charge in [0.2, 0.25) is 5.91 Å². The number of halogens is 1. The number of nitrogens with zero attached hydrogens (tertiary/aromatic N) is 4. The van der Waals surface area contributed by atoms with Gasteiger partial charge in [0.25, 0.3) is 5.56 Å². The lowest BCUT2D eigenvalue weighted by Crippen LogP contribution is -2.23. The average molecular weight is 465 g/mol. The standard InChI is InChI=1S/C23H21BrN4O2/c1-4-14(2)22-26-20-10-9-17(24)11-19(20)23(30)28(22)25-12-16-13-27(15(3)29)21-8-6-5-7-18(16)21/h5-14H,4H2,1-3H3/t14-/m1/s1. The highest BCUT2D eigenvalue weighted by molar-refractivity contribution is 9.10. The van der Waals surface area contributed by atoms with E-state index in [0.717, 1.165) is 27.4 Å². The zero-order valence-corrected chi connectivity index (χ0v) is 18.5. The first-order valence-electron chi connectivity index (χ1n) is 9.78. The largest absolute Gasteiger partial charge is 0.287 e. The van der Waals surface area contributed by atoms with Gasteiger partial charge in [0.1, 0.15) is 5.82 Å². The molecule has 2 aromatic carbocycles. The summed E-state index contributed by atoms with van der Waals surface area (Å²) in [5.74, 6) is 0.589. The molecule has 152 valence electrons. The Morgan fingerprint density at radius 2 is 2.00 bits per heavy atom. The molecule has 0 saturated carbocycles. The fourth-order valence-electron chi connectivity index (χ4n) is 3.47. The van der Waals surface area contributed by atoms with Gasteiger partial charge >= 0.3 is 0 Å². The number of benzene rings is 2. The summed E-state index contributed by atoms with van der Waals surface area (Å²) < 4.78 is 3.78. The maximum atomic E-state index is 13.2. The number of para-hydroxylation sites is 1. The highest BCUT2D eigenvalue weighted by Gasteiger charge is 2.16. The van der Waals surface area contributed by atoms with E-state index >= 15 is 0 Å². The Morgan fingerprint density at radius 3 is 2.73 bits per heavy atom. The second kappa shape index (κ2) is 7.99. The van der Waals surface area contributed by atoms with Crippen LogP contribution in [0, 0.1) is 0 Å². The number of fused-ring (bicyclic) bond motifs is 2. The van der Waals surface area contributed by atoms with Crippen LogP contribution in [-0.4, -0.2) is 26.3 Å². The summed E-state index contributed by atoms with van der Waals surface area (Å²) in [6.45, 7) is 5.60. The molecule has 0 radical (unpaired) electrons. The third kappa shape index (κ3) is 3.50. The molecule has 0 spiro atoms. The van der Waals surface area contributed by atoms with Gasteiger partial charge in [0.05, 0.1) is 22.6 Å². The lowest BCUT2D eigenvalue weighted by Gasteiger charge is -2.13. The van der Waals surface area contributed by atoms with Crippen LogP contribution in [0.25, 0.3) is 21.8 Å². The Bertz CT molecular complexity index is 1370. The van der Waals surface area contributed by atoms with E-state index in [1.165, 1.54) is 11.6 Å². The smallest absolute Gasteiger partial charge is 0.282 e. The normalized spacial score (nSPS) is 12.8. The number of carbonyl (C=O) groups is 1. The maximum Gasteiger partial charge on any atom is 0.282 e. The number of carbonyl (C=O) groups excluding carboxylic acids is 1. The summed E-state index contributed by atoms with van der Waals surface area (Å²) in [6.07, 6.45) is 4.20. The van der Waals surface area contributed by atoms with Crippen molar-refractivity contribution < 1.29 is 4.79 Å². The molecular weight excluding hydrogens is 444 g/mol. The Hall–Kier alpha value is -3.06. The fraction of sp³-hybridized carbons (Fsp3) is 0.217. The Kier molecular flexibility index (Phi) is 5.39.